The number of amides is 2. The summed E-state index contributed by atoms with van der Waals surface area (Å²) in [5.74, 6) is -0.187. The molecule has 0 aliphatic heterocycles. The van der Waals surface area contributed by atoms with E-state index in [1.807, 2.05) is 20.8 Å². The van der Waals surface area contributed by atoms with Crippen molar-refractivity contribution in [3.8, 4) is 0 Å². The van der Waals surface area contributed by atoms with Gasteiger partial charge in [-0.15, -0.1) is 0 Å². The third-order valence-corrected chi connectivity index (χ3v) is 5.94. The van der Waals surface area contributed by atoms with Crippen molar-refractivity contribution in [1.29, 1.82) is 0 Å². The van der Waals surface area contributed by atoms with E-state index in [2.05, 4.69) is 15.4 Å². The van der Waals surface area contributed by atoms with E-state index < -0.39 is 22.0 Å². The predicted molar refractivity (Wildman–Crippen MR) is 113 cm³/mol. The van der Waals surface area contributed by atoms with Gasteiger partial charge in [0, 0.05) is 13.0 Å². The average molecular weight is 436 g/mol. The molecule has 1 aromatic heterocycles. The molecule has 9 heteroatoms. The number of carbonyl (C=O) groups excluding carboxylic acids is 2. The number of nitrogens with one attached hydrogen (secondary N) is 3. The maximum absolute atomic E-state index is 12.4. The van der Waals surface area contributed by atoms with Crippen LogP contribution in [0.2, 0.25) is 0 Å². The molecule has 0 aliphatic carbocycles. The number of furan rings is 1. The van der Waals surface area contributed by atoms with Crippen molar-refractivity contribution in [2.75, 3.05) is 6.54 Å². The lowest BCUT2D eigenvalue weighted by atomic mass is 9.87. The van der Waals surface area contributed by atoms with Gasteiger partial charge in [-0.1, -0.05) is 32.9 Å². The molecule has 0 aliphatic rings. The van der Waals surface area contributed by atoms with E-state index >= 15 is 0 Å². The smallest absolute Gasteiger partial charge is 0.242 e. The monoisotopic (exact) mass is 435 g/mol. The summed E-state index contributed by atoms with van der Waals surface area (Å²) in [6, 6.07) is 9.35. The number of carbonyl (C=O) groups is 2. The summed E-state index contributed by atoms with van der Waals surface area (Å²) in [6.45, 7) is 7.84. The zero-order chi connectivity index (χ0) is 22.4. The normalized spacial score (nSPS) is 12.9. The fraction of sp³-hybridized carbons (Fsp3) is 0.429. The minimum absolute atomic E-state index is 0.0735. The van der Waals surface area contributed by atoms with Gasteiger partial charge in [-0.2, -0.15) is 0 Å². The maximum Gasteiger partial charge on any atom is 0.242 e. The Morgan fingerprint density at radius 2 is 1.77 bits per heavy atom. The first-order valence-corrected chi connectivity index (χ1v) is 11.2. The van der Waals surface area contributed by atoms with Crippen molar-refractivity contribution in [1.82, 2.24) is 15.4 Å². The molecular formula is C21H29N3O5S. The van der Waals surface area contributed by atoms with Gasteiger partial charge in [-0.05, 0) is 42.2 Å². The maximum atomic E-state index is 12.4. The van der Waals surface area contributed by atoms with Crippen LogP contribution in [0.15, 0.2) is 52.0 Å². The van der Waals surface area contributed by atoms with Crippen LogP contribution in [-0.2, 0) is 31.6 Å². The Hall–Kier alpha value is -2.65. The average Bonchev–Trinajstić information content (AvgIpc) is 3.19. The summed E-state index contributed by atoms with van der Waals surface area (Å²) in [6.07, 6.45) is 1.42. The molecule has 1 atom stereocenters. The Bertz CT molecular complexity index is 946. The molecule has 0 spiro atoms. The van der Waals surface area contributed by atoms with Crippen LogP contribution < -0.4 is 15.4 Å². The molecule has 8 nitrogen and oxygen atoms in total. The molecule has 30 heavy (non-hydrogen) atoms. The highest BCUT2D eigenvalue weighted by atomic mass is 32.2. The van der Waals surface area contributed by atoms with E-state index in [0.29, 0.717) is 5.76 Å². The van der Waals surface area contributed by atoms with Crippen molar-refractivity contribution >= 4 is 21.8 Å². The van der Waals surface area contributed by atoms with E-state index in [9.17, 15) is 18.0 Å². The molecule has 0 saturated heterocycles. The van der Waals surface area contributed by atoms with Crippen molar-refractivity contribution < 1.29 is 22.4 Å². The predicted octanol–water partition coefficient (Wildman–Crippen LogP) is 2.07. The van der Waals surface area contributed by atoms with Gasteiger partial charge in [0.1, 0.15) is 11.8 Å². The Balaban J connectivity index is 1.77. The van der Waals surface area contributed by atoms with Gasteiger partial charge in [0.25, 0.3) is 0 Å². The molecule has 1 heterocycles. The summed E-state index contributed by atoms with van der Waals surface area (Å²) in [5.41, 5.74) is 0.953. The van der Waals surface area contributed by atoms with Crippen molar-refractivity contribution in [2.45, 2.75) is 57.0 Å². The SMILES string of the molecule is CC(NC(=O)CCNS(=O)(=O)c1ccc(C(C)(C)C)cc1)C(=O)NCc1ccco1. The molecule has 2 amide bonds. The van der Waals surface area contributed by atoms with E-state index in [0.717, 1.165) is 5.56 Å². The highest BCUT2D eigenvalue weighted by Gasteiger charge is 2.19. The number of hydrogen-bond donors (Lipinski definition) is 3. The quantitative estimate of drug-likeness (QED) is 0.557. The van der Waals surface area contributed by atoms with E-state index in [1.54, 1.807) is 43.3 Å². The first-order valence-electron chi connectivity index (χ1n) is 9.69. The Kier molecular flexibility index (Phi) is 7.80. The summed E-state index contributed by atoms with van der Waals surface area (Å²) in [4.78, 5) is 24.2. The molecule has 3 N–H and O–H groups in total. The number of benzene rings is 1. The number of rotatable bonds is 9. The topological polar surface area (TPSA) is 118 Å². The lowest BCUT2D eigenvalue weighted by molar-refractivity contribution is -0.128. The van der Waals surface area contributed by atoms with E-state index in [4.69, 9.17) is 4.42 Å². The van der Waals surface area contributed by atoms with Crippen LogP contribution in [0.3, 0.4) is 0 Å². The zero-order valence-corrected chi connectivity index (χ0v) is 18.5. The van der Waals surface area contributed by atoms with Crippen molar-refractivity contribution in [3.05, 3.63) is 54.0 Å². The molecule has 2 rings (SSSR count). The molecule has 1 unspecified atom stereocenters. The molecule has 0 bridgehead atoms. The Morgan fingerprint density at radius 3 is 2.33 bits per heavy atom. The van der Waals surface area contributed by atoms with Crippen LogP contribution >= 0.6 is 0 Å². The first kappa shape index (κ1) is 23.6. The largest absolute Gasteiger partial charge is 0.467 e. The van der Waals surface area contributed by atoms with Gasteiger partial charge in [-0.3, -0.25) is 9.59 Å². The Morgan fingerprint density at radius 1 is 1.10 bits per heavy atom. The molecule has 1 aromatic carbocycles. The molecule has 0 saturated carbocycles. The third-order valence-electron chi connectivity index (χ3n) is 4.46. The van der Waals surface area contributed by atoms with Crippen molar-refractivity contribution in [3.63, 3.8) is 0 Å². The second-order valence-electron chi connectivity index (χ2n) is 8.01. The molecular weight excluding hydrogens is 406 g/mol. The zero-order valence-electron chi connectivity index (χ0n) is 17.7. The molecule has 164 valence electrons. The van der Waals surface area contributed by atoms with Gasteiger partial charge >= 0.3 is 0 Å². The van der Waals surface area contributed by atoms with Crippen LogP contribution in [0.4, 0.5) is 0 Å². The summed E-state index contributed by atoms with van der Waals surface area (Å²) < 4.78 is 32.3. The first-order chi connectivity index (χ1) is 14.0. The second kappa shape index (κ2) is 9.90. The van der Waals surface area contributed by atoms with Gasteiger partial charge in [-0.25, -0.2) is 13.1 Å². The fourth-order valence-corrected chi connectivity index (χ4v) is 3.67. The molecule has 2 aromatic rings. The van der Waals surface area contributed by atoms with Crippen LogP contribution in [0.25, 0.3) is 0 Å². The van der Waals surface area contributed by atoms with Gasteiger partial charge in [0.2, 0.25) is 21.8 Å². The van der Waals surface area contributed by atoms with Crippen LogP contribution in [0.1, 0.15) is 45.4 Å². The van der Waals surface area contributed by atoms with Crippen LogP contribution in [0, 0.1) is 0 Å². The number of hydrogen-bond acceptors (Lipinski definition) is 5. The van der Waals surface area contributed by atoms with Gasteiger partial charge in [0.15, 0.2) is 0 Å². The number of sulfonamides is 1. The standard InChI is InChI=1S/C21H29N3O5S/c1-15(20(26)22-14-17-6-5-13-29-17)24-19(25)11-12-23-30(27,28)18-9-7-16(8-10-18)21(2,3)4/h5-10,13,15,23H,11-12,14H2,1-4H3,(H,22,26)(H,24,25). The Labute approximate surface area is 177 Å². The second-order valence-corrected chi connectivity index (χ2v) is 9.78. The molecule has 0 radical (unpaired) electrons. The van der Waals surface area contributed by atoms with Gasteiger partial charge < -0.3 is 15.1 Å². The minimum Gasteiger partial charge on any atom is -0.467 e. The van der Waals surface area contributed by atoms with Gasteiger partial charge in [0.05, 0.1) is 17.7 Å². The van der Waals surface area contributed by atoms with Crippen LogP contribution in [-0.4, -0.2) is 32.8 Å². The highest BCUT2D eigenvalue weighted by molar-refractivity contribution is 7.89. The van der Waals surface area contributed by atoms with Crippen LogP contribution in [0.5, 0.6) is 0 Å². The van der Waals surface area contributed by atoms with Crippen molar-refractivity contribution in [2.24, 2.45) is 0 Å². The highest BCUT2D eigenvalue weighted by Crippen LogP contribution is 2.23. The fourth-order valence-electron chi connectivity index (χ4n) is 2.64. The summed E-state index contributed by atoms with van der Waals surface area (Å²) in [5, 5.41) is 5.19. The van der Waals surface area contributed by atoms with E-state index in [1.165, 1.54) is 6.26 Å². The summed E-state index contributed by atoms with van der Waals surface area (Å²) in [7, 11) is -3.72. The summed E-state index contributed by atoms with van der Waals surface area (Å²) >= 11 is 0. The third kappa shape index (κ3) is 7.00. The molecule has 0 fully saturated rings. The lowest BCUT2D eigenvalue weighted by Gasteiger charge is -2.19. The lowest BCUT2D eigenvalue weighted by Crippen LogP contribution is -2.45. The van der Waals surface area contributed by atoms with E-state index in [-0.39, 0.29) is 35.7 Å². The minimum atomic E-state index is -3.72.